The lowest BCUT2D eigenvalue weighted by atomic mass is 9.76. The van der Waals surface area contributed by atoms with Gasteiger partial charge in [0.15, 0.2) is 8.32 Å². The molecule has 0 aliphatic carbocycles. The van der Waals surface area contributed by atoms with E-state index >= 15 is 0 Å². The standard InChI is InChI=1S/C22H35NO4Si/c1-16-19(24)23(17(2)18-11-9-8-10-12-18)15-22(16,20(25)26)13-14-27-28(6,7)21(3,4)5/h8-12,16-17H,13-15H2,1-7H3,(H,25,26)/t16?,17-,22-/m1/s1. The Labute approximate surface area is 170 Å². The lowest BCUT2D eigenvalue weighted by Crippen LogP contribution is -2.44. The fourth-order valence-corrected chi connectivity index (χ4v) is 4.65. The highest BCUT2D eigenvalue weighted by Gasteiger charge is 2.56. The predicted molar refractivity (Wildman–Crippen MR) is 114 cm³/mol. The number of aliphatic carboxylic acids is 1. The van der Waals surface area contributed by atoms with Gasteiger partial charge in [0.1, 0.15) is 0 Å². The predicted octanol–water partition coefficient (Wildman–Crippen LogP) is 4.71. The highest BCUT2D eigenvalue weighted by molar-refractivity contribution is 6.74. The number of carboxylic acids is 1. The molecule has 5 nitrogen and oxygen atoms in total. The van der Waals surface area contributed by atoms with Crippen LogP contribution in [0, 0.1) is 11.3 Å². The van der Waals surface area contributed by atoms with E-state index in [1.54, 1.807) is 11.8 Å². The molecule has 2 rings (SSSR count). The Kier molecular flexibility index (Phi) is 6.46. The maximum Gasteiger partial charge on any atom is 0.312 e. The Morgan fingerprint density at radius 3 is 2.39 bits per heavy atom. The van der Waals surface area contributed by atoms with Gasteiger partial charge in [-0.2, -0.15) is 0 Å². The normalized spacial score (nSPS) is 24.5. The summed E-state index contributed by atoms with van der Waals surface area (Å²) in [5.74, 6) is -1.57. The highest BCUT2D eigenvalue weighted by Crippen LogP contribution is 2.44. The number of likely N-dealkylation sites (tertiary alicyclic amines) is 1. The Morgan fingerprint density at radius 1 is 1.32 bits per heavy atom. The number of rotatable bonds is 7. The number of benzene rings is 1. The molecular weight excluding hydrogens is 370 g/mol. The van der Waals surface area contributed by atoms with E-state index in [-0.39, 0.29) is 23.5 Å². The highest BCUT2D eigenvalue weighted by atomic mass is 28.4. The zero-order valence-electron chi connectivity index (χ0n) is 18.3. The second-order valence-electron chi connectivity index (χ2n) is 9.59. The minimum Gasteiger partial charge on any atom is -0.481 e. The number of nitrogens with zero attached hydrogens (tertiary/aromatic N) is 1. The van der Waals surface area contributed by atoms with Gasteiger partial charge in [-0.05, 0) is 37.0 Å². The summed E-state index contributed by atoms with van der Waals surface area (Å²) in [6, 6.07) is 9.61. The maximum atomic E-state index is 13.0. The summed E-state index contributed by atoms with van der Waals surface area (Å²) in [7, 11) is -1.97. The van der Waals surface area contributed by atoms with Crippen LogP contribution in [0.2, 0.25) is 18.1 Å². The van der Waals surface area contributed by atoms with Crippen molar-refractivity contribution < 1.29 is 19.1 Å². The van der Waals surface area contributed by atoms with Crippen molar-refractivity contribution in [3.05, 3.63) is 35.9 Å². The molecule has 1 amide bonds. The molecule has 1 heterocycles. The number of amides is 1. The molecule has 1 fully saturated rings. The molecule has 1 saturated heterocycles. The molecule has 0 spiro atoms. The van der Waals surface area contributed by atoms with Crippen LogP contribution >= 0.6 is 0 Å². The smallest absolute Gasteiger partial charge is 0.312 e. The third kappa shape index (κ3) is 4.18. The van der Waals surface area contributed by atoms with Crippen LogP contribution in [0.5, 0.6) is 0 Å². The van der Waals surface area contributed by atoms with Crippen molar-refractivity contribution in [1.82, 2.24) is 4.90 Å². The van der Waals surface area contributed by atoms with Crippen LogP contribution < -0.4 is 0 Å². The molecule has 1 aliphatic rings. The van der Waals surface area contributed by atoms with Gasteiger partial charge >= 0.3 is 5.97 Å². The molecule has 3 atom stereocenters. The molecule has 0 bridgehead atoms. The van der Waals surface area contributed by atoms with Crippen LogP contribution in [-0.4, -0.2) is 43.4 Å². The topological polar surface area (TPSA) is 66.8 Å². The average Bonchev–Trinajstić information content (AvgIpc) is 2.87. The van der Waals surface area contributed by atoms with Crippen molar-refractivity contribution in [1.29, 1.82) is 0 Å². The van der Waals surface area contributed by atoms with Crippen LogP contribution in [0.4, 0.5) is 0 Å². The third-order valence-electron chi connectivity index (χ3n) is 6.93. The van der Waals surface area contributed by atoms with E-state index in [2.05, 4.69) is 33.9 Å². The van der Waals surface area contributed by atoms with Gasteiger partial charge in [-0.15, -0.1) is 0 Å². The molecule has 0 aromatic heterocycles. The Balaban J connectivity index is 2.20. The van der Waals surface area contributed by atoms with E-state index < -0.39 is 25.6 Å². The van der Waals surface area contributed by atoms with E-state index in [1.807, 2.05) is 37.3 Å². The van der Waals surface area contributed by atoms with E-state index in [9.17, 15) is 14.7 Å². The summed E-state index contributed by atoms with van der Waals surface area (Å²) in [5, 5.41) is 10.2. The lowest BCUT2D eigenvalue weighted by Gasteiger charge is -2.37. The molecular formula is C22H35NO4Si. The quantitative estimate of drug-likeness (QED) is 0.667. The van der Waals surface area contributed by atoms with E-state index in [1.165, 1.54) is 0 Å². The first-order valence-electron chi connectivity index (χ1n) is 10.1. The molecule has 1 unspecified atom stereocenters. The zero-order valence-corrected chi connectivity index (χ0v) is 19.3. The van der Waals surface area contributed by atoms with E-state index in [0.717, 1.165) is 5.56 Å². The molecule has 1 aromatic carbocycles. The number of carbonyl (C=O) groups excluding carboxylic acids is 1. The second-order valence-corrected chi connectivity index (χ2v) is 14.4. The van der Waals surface area contributed by atoms with E-state index in [0.29, 0.717) is 13.0 Å². The molecule has 6 heteroatoms. The van der Waals surface area contributed by atoms with E-state index in [4.69, 9.17) is 4.43 Å². The van der Waals surface area contributed by atoms with Gasteiger partial charge < -0.3 is 14.4 Å². The minimum atomic E-state index is -1.97. The first-order chi connectivity index (χ1) is 12.8. The Bertz CT molecular complexity index is 713. The van der Waals surface area contributed by atoms with Crippen molar-refractivity contribution in [2.45, 2.75) is 65.2 Å². The monoisotopic (exact) mass is 405 g/mol. The lowest BCUT2D eigenvalue weighted by molar-refractivity contribution is -0.152. The summed E-state index contributed by atoms with van der Waals surface area (Å²) >= 11 is 0. The number of carbonyl (C=O) groups is 2. The van der Waals surface area contributed by atoms with Crippen molar-refractivity contribution in [3.63, 3.8) is 0 Å². The van der Waals surface area contributed by atoms with Gasteiger partial charge in [-0.1, -0.05) is 58.0 Å². The summed E-state index contributed by atoms with van der Waals surface area (Å²) in [6.45, 7) is 15.1. The molecule has 156 valence electrons. The number of hydrogen-bond acceptors (Lipinski definition) is 3. The van der Waals surface area contributed by atoms with Gasteiger partial charge in [-0.25, -0.2) is 0 Å². The molecule has 1 aliphatic heterocycles. The van der Waals surface area contributed by atoms with Gasteiger partial charge in [0.05, 0.1) is 17.4 Å². The van der Waals surface area contributed by atoms with Gasteiger partial charge in [0, 0.05) is 13.2 Å². The third-order valence-corrected chi connectivity index (χ3v) is 11.5. The van der Waals surface area contributed by atoms with Gasteiger partial charge in [-0.3, -0.25) is 9.59 Å². The Morgan fingerprint density at radius 2 is 1.89 bits per heavy atom. The first kappa shape index (κ1) is 22.6. The van der Waals surface area contributed by atoms with Crippen LogP contribution in [0.3, 0.4) is 0 Å². The SMILES string of the molecule is CC1C(=O)N([C@H](C)c2ccccc2)C[C@@]1(CCO[Si](C)(C)C(C)(C)C)C(=O)O. The van der Waals surface area contributed by atoms with Crippen LogP contribution in [0.25, 0.3) is 0 Å². The largest absolute Gasteiger partial charge is 0.481 e. The zero-order chi connectivity index (χ0) is 21.3. The summed E-state index contributed by atoms with van der Waals surface area (Å²) < 4.78 is 6.24. The maximum absolute atomic E-state index is 13.0. The van der Waals surface area contributed by atoms with Crippen LogP contribution in [0.15, 0.2) is 30.3 Å². The van der Waals surface area contributed by atoms with Crippen molar-refractivity contribution in [2.75, 3.05) is 13.2 Å². The van der Waals surface area contributed by atoms with Crippen LogP contribution in [-0.2, 0) is 14.0 Å². The fourth-order valence-electron chi connectivity index (χ4n) is 3.60. The van der Waals surface area contributed by atoms with Crippen molar-refractivity contribution in [2.24, 2.45) is 11.3 Å². The fraction of sp³-hybridized carbons (Fsp3) is 0.636. The minimum absolute atomic E-state index is 0.0638. The number of hydrogen-bond donors (Lipinski definition) is 1. The molecule has 1 aromatic rings. The van der Waals surface area contributed by atoms with Gasteiger partial charge in [0.25, 0.3) is 0 Å². The molecule has 28 heavy (non-hydrogen) atoms. The summed E-state index contributed by atoms with van der Waals surface area (Å²) in [6.07, 6.45) is 0.347. The van der Waals surface area contributed by atoms with Gasteiger partial charge in [0.2, 0.25) is 5.91 Å². The average molecular weight is 406 g/mol. The number of carboxylic acid groups (broad SMARTS) is 1. The second kappa shape index (κ2) is 7.99. The summed E-state index contributed by atoms with van der Waals surface area (Å²) in [5.41, 5.74) is -0.0931. The van der Waals surface area contributed by atoms with Crippen molar-refractivity contribution >= 4 is 20.2 Å². The summed E-state index contributed by atoms with van der Waals surface area (Å²) in [4.78, 5) is 27.0. The first-order valence-corrected chi connectivity index (χ1v) is 13.0. The molecule has 0 saturated carbocycles. The van der Waals surface area contributed by atoms with Crippen LogP contribution in [0.1, 0.15) is 52.6 Å². The Hall–Kier alpha value is -1.66. The molecule has 0 radical (unpaired) electrons. The molecule has 1 N–H and O–H groups in total. The van der Waals surface area contributed by atoms with Crippen molar-refractivity contribution in [3.8, 4) is 0 Å².